The summed E-state index contributed by atoms with van der Waals surface area (Å²) < 4.78 is 16.2. The van der Waals surface area contributed by atoms with Gasteiger partial charge in [-0.25, -0.2) is 4.79 Å². The third-order valence-electron chi connectivity index (χ3n) is 4.62. The molecule has 30 heavy (non-hydrogen) atoms. The number of nitrogens with zero attached hydrogens (tertiary/aromatic N) is 1. The van der Waals surface area contributed by atoms with Crippen molar-refractivity contribution >= 4 is 34.9 Å². The highest BCUT2D eigenvalue weighted by atomic mass is 35.5. The van der Waals surface area contributed by atoms with E-state index in [-0.39, 0.29) is 19.1 Å². The Hall–Kier alpha value is -2.77. The number of hydrogen-bond donors (Lipinski definition) is 1. The van der Waals surface area contributed by atoms with Crippen LogP contribution in [0.5, 0.6) is 5.75 Å². The van der Waals surface area contributed by atoms with E-state index >= 15 is 0 Å². The number of hydrogen-bond acceptors (Lipinski definition) is 6. The molecule has 1 fully saturated rings. The van der Waals surface area contributed by atoms with Crippen LogP contribution in [0.25, 0.3) is 0 Å². The van der Waals surface area contributed by atoms with E-state index in [4.69, 9.17) is 25.8 Å². The normalized spacial score (nSPS) is 13.6. The van der Waals surface area contributed by atoms with Gasteiger partial charge in [0.25, 0.3) is 5.91 Å². The SMILES string of the molecule is CCOC(=O)c1cc(NC(=O)COc2ccc(Cl)cc2C)ccc1N1CCOCC1. The maximum Gasteiger partial charge on any atom is 0.340 e. The van der Waals surface area contributed by atoms with Crippen molar-refractivity contribution in [1.82, 2.24) is 0 Å². The summed E-state index contributed by atoms with van der Waals surface area (Å²) in [6, 6.07) is 10.4. The van der Waals surface area contributed by atoms with E-state index in [2.05, 4.69) is 10.2 Å². The lowest BCUT2D eigenvalue weighted by Gasteiger charge is -2.30. The molecule has 1 heterocycles. The molecule has 2 aromatic rings. The summed E-state index contributed by atoms with van der Waals surface area (Å²) in [6.45, 7) is 6.29. The number of nitrogens with one attached hydrogen (secondary N) is 1. The Kier molecular flexibility index (Phi) is 7.54. The number of halogens is 1. The molecule has 3 rings (SSSR count). The lowest BCUT2D eigenvalue weighted by atomic mass is 10.1. The molecule has 0 bridgehead atoms. The lowest BCUT2D eigenvalue weighted by Crippen LogP contribution is -2.37. The highest BCUT2D eigenvalue weighted by molar-refractivity contribution is 6.30. The number of benzene rings is 2. The number of aryl methyl sites for hydroxylation is 1. The molecule has 1 saturated heterocycles. The van der Waals surface area contributed by atoms with Crippen LogP contribution >= 0.6 is 11.6 Å². The number of esters is 1. The van der Waals surface area contributed by atoms with Crippen LogP contribution in [0.15, 0.2) is 36.4 Å². The van der Waals surface area contributed by atoms with E-state index in [9.17, 15) is 9.59 Å². The van der Waals surface area contributed by atoms with Crippen LogP contribution in [-0.2, 0) is 14.3 Å². The van der Waals surface area contributed by atoms with Crippen molar-refractivity contribution in [2.45, 2.75) is 13.8 Å². The number of ether oxygens (including phenoxy) is 3. The smallest absolute Gasteiger partial charge is 0.340 e. The van der Waals surface area contributed by atoms with Crippen molar-refractivity contribution in [1.29, 1.82) is 0 Å². The van der Waals surface area contributed by atoms with Crippen LogP contribution in [0.1, 0.15) is 22.8 Å². The fourth-order valence-corrected chi connectivity index (χ4v) is 3.41. The van der Waals surface area contributed by atoms with E-state index in [0.29, 0.717) is 48.3 Å². The lowest BCUT2D eigenvalue weighted by molar-refractivity contribution is -0.118. The van der Waals surface area contributed by atoms with Crippen LogP contribution in [0, 0.1) is 6.92 Å². The van der Waals surface area contributed by atoms with E-state index in [0.717, 1.165) is 11.3 Å². The molecule has 1 aliphatic heterocycles. The van der Waals surface area contributed by atoms with Gasteiger partial charge in [0.15, 0.2) is 6.61 Å². The van der Waals surface area contributed by atoms with E-state index in [1.165, 1.54) is 0 Å². The van der Waals surface area contributed by atoms with Crippen LogP contribution < -0.4 is 15.0 Å². The highest BCUT2D eigenvalue weighted by Gasteiger charge is 2.20. The van der Waals surface area contributed by atoms with Crippen molar-refractivity contribution in [3.63, 3.8) is 0 Å². The van der Waals surface area contributed by atoms with E-state index in [1.807, 2.05) is 13.0 Å². The van der Waals surface area contributed by atoms with Crippen LogP contribution in [0.2, 0.25) is 5.02 Å². The van der Waals surface area contributed by atoms with Gasteiger partial charge in [-0.1, -0.05) is 11.6 Å². The largest absolute Gasteiger partial charge is 0.483 e. The quantitative estimate of drug-likeness (QED) is 0.672. The number of amides is 1. The second kappa shape index (κ2) is 10.3. The maximum atomic E-state index is 12.5. The van der Waals surface area contributed by atoms with Gasteiger partial charge in [0.2, 0.25) is 0 Å². The topological polar surface area (TPSA) is 77.1 Å². The van der Waals surface area contributed by atoms with Gasteiger partial charge in [-0.3, -0.25) is 4.79 Å². The second-order valence-corrected chi connectivity index (χ2v) is 7.23. The molecule has 0 saturated carbocycles. The van der Waals surface area contributed by atoms with Crippen molar-refractivity contribution < 1.29 is 23.8 Å². The molecule has 2 aromatic carbocycles. The zero-order chi connectivity index (χ0) is 21.5. The summed E-state index contributed by atoms with van der Waals surface area (Å²) in [4.78, 5) is 26.9. The molecule has 0 unspecified atom stereocenters. The second-order valence-electron chi connectivity index (χ2n) is 6.80. The Labute approximate surface area is 180 Å². The molecule has 0 spiro atoms. The van der Waals surface area contributed by atoms with Gasteiger partial charge < -0.3 is 24.4 Å². The molecule has 1 amide bonds. The summed E-state index contributed by atoms with van der Waals surface area (Å²) in [5.74, 6) is -0.175. The summed E-state index contributed by atoms with van der Waals surface area (Å²) in [5, 5.41) is 3.38. The maximum absolute atomic E-state index is 12.5. The van der Waals surface area contributed by atoms with Crippen LogP contribution in [-0.4, -0.2) is 51.4 Å². The Balaban J connectivity index is 1.70. The summed E-state index contributed by atoms with van der Waals surface area (Å²) >= 11 is 5.94. The minimum Gasteiger partial charge on any atom is -0.483 e. The number of carbonyl (C=O) groups is 2. The summed E-state index contributed by atoms with van der Waals surface area (Å²) in [7, 11) is 0. The molecule has 0 radical (unpaired) electrons. The van der Waals surface area contributed by atoms with Crippen molar-refractivity contribution in [3.8, 4) is 5.75 Å². The van der Waals surface area contributed by atoms with Gasteiger partial charge in [-0.2, -0.15) is 0 Å². The molecule has 0 aromatic heterocycles. The predicted molar refractivity (Wildman–Crippen MR) is 116 cm³/mol. The molecular formula is C22H25ClN2O5. The number of anilines is 2. The average molecular weight is 433 g/mol. The standard InChI is InChI=1S/C22H25ClN2O5/c1-3-29-22(27)18-13-17(5-6-19(18)25-8-10-28-11-9-25)24-21(26)14-30-20-7-4-16(23)12-15(20)2/h4-7,12-13H,3,8-11,14H2,1-2H3,(H,24,26). The van der Waals surface area contributed by atoms with Gasteiger partial charge >= 0.3 is 5.97 Å². The fourth-order valence-electron chi connectivity index (χ4n) is 3.18. The average Bonchev–Trinajstić information content (AvgIpc) is 2.74. The first-order valence-corrected chi connectivity index (χ1v) is 10.2. The third kappa shape index (κ3) is 5.64. The van der Waals surface area contributed by atoms with Gasteiger partial charge in [-0.05, 0) is 55.8 Å². The van der Waals surface area contributed by atoms with Crippen LogP contribution in [0.4, 0.5) is 11.4 Å². The molecule has 1 N–H and O–H groups in total. The Morgan fingerprint density at radius 3 is 2.63 bits per heavy atom. The van der Waals surface area contributed by atoms with Crippen LogP contribution in [0.3, 0.4) is 0 Å². The van der Waals surface area contributed by atoms with E-state index in [1.54, 1.807) is 37.3 Å². The molecular weight excluding hydrogens is 408 g/mol. The molecule has 0 aliphatic carbocycles. The molecule has 7 nitrogen and oxygen atoms in total. The van der Waals surface area contributed by atoms with Gasteiger partial charge in [-0.15, -0.1) is 0 Å². The number of rotatable bonds is 7. The third-order valence-corrected chi connectivity index (χ3v) is 4.86. The monoisotopic (exact) mass is 432 g/mol. The van der Waals surface area contributed by atoms with Crippen molar-refractivity contribution in [2.75, 3.05) is 49.7 Å². The van der Waals surface area contributed by atoms with Gasteiger partial charge in [0, 0.05) is 23.8 Å². The first kappa shape index (κ1) is 21.9. The van der Waals surface area contributed by atoms with Crippen molar-refractivity contribution in [3.05, 3.63) is 52.5 Å². The Morgan fingerprint density at radius 1 is 1.17 bits per heavy atom. The highest BCUT2D eigenvalue weighted by Crippen LogP contribution is 2.26. The molecule has 160 valence electrons. The number of carbonyl (C=O) groups excluding carboxylic acids is 2. The molecule has 1 aliphatic rings. The first-order valence-electron chi connectivity index (χ1n) is 9.80. The Morgan fingerprint density at radius 2 is 1.93 bits per heavy atom. The minimum atomic E-state index is -0.428. The van der Waals surface area contributed by atoms with Gasteiger partial charge in [0.05, 0.1) is 31.1 Å². The first-order chi connectivity index (χ1) is 14.5. The Bertz CT molecular complexity index is 912. The molecule has 8 heteroatoms. The minimum absolute atomic E-state index is 0.164. The van der Waals surface area contributed by atoms with E-state index < -0.39 is 5.97 Å². The predicted octanol–water partition coefficient (Wildman–Crippen LogP) is 3.68. The summed E-state index contributed by atoms with van der Waals surface area (Å²) in [6.07, 6.45) is 0. The van der Waals surface area contributed by atoms with Crippen molar-refractivity contribution in [2.24, 2.45) is 0 Å². The zero-order valence-electron chi connectivity index (χ0n) is 17.1. The summed E-state index contributed by atoms with van der Waals surface area (Å²) in [5.41, 5.74) is 2.51. The zero-order valence-corrected chi connectivity index (χ0v) is 17.8. The fraction of sp³-hybridized carbons (Fsp3) is 0.364. The number of morpholine rings is 1. The molecule has 0 atom stereocenters. The van der Waals surface area contributed by atoms with Gasteiger partial charge in [0.1, 0.15) is 5.75 Å².